The molecule has 142 valence electrons. The minimum Gasteiger partial charge on any atom is -0.491 e. The summed E-state index contributed by atoms with van der Waals surface area (Å²) in [4.78, 5) is 28.1. The number of likely N-dealkylation sites (N-methyl/N-ethyl adjacent to an activating group) is 2. The van der Waals surface area contributed by atoms with Crippen molar-refractivity contribution in [3.05, 3.63) is 37.7 Å². The Hall–Kier alpha value is -1.65. The SMILES string of the molecule is CN(C)CCOc1cc2c(cc1I)c(=O)c(C(=O)O)cn2CCN(C)C. The Morgan fingerprint density at radius 3 is 2.42 bits per heavy atom. The topological polar surface area (TPSA) is 75.0 Å². The van der Waals surface area contributed by atoms with Crippen LogP contribution in [0.4, 0.5) is 0 Å². The summed E-state index contributed by atoms with van der Waals surface area (Å²) in [6.45, 7) is 2.60. The lowest BCUT2D eigenvalue weighted by atomic mass is 10.1. The maximum Gasteiger partial charge on any atom is 0.341 e. The Kier molecular flexibility index (Phi) is 7.01. The van der Waals surface area contributed by atoms with Crippen molar-refractivity contribution in [2.75, 3.05) is 47.9 Å². The van der Waals surface area contributed by atoms with Crippen LogP contribution in [0, 0.1) is 3.57 Å². The van der Waals surface area contributed by atoms with Crippen LogP contribution in [0.25, 0.3) is 10.9 Å². The van der Waals surface area contributed by atoms with Gasteiger partial charge in [-0.3, -0.25) is 4.79 Å². The first-order chi connectivity index (χ1) is 12.2. The molecule has 0 radical (unpaired) electrons. The fraction of sp³-hybridized carbons (Fsp3) is 0.444. The predicted octanol–water partition coefficient (Wildman–Crippen LogP) is 1.81. The number of ether oxygens (including phenoxy) is 1. The molecule has 1 N–H and O–H groups in total. The Bertz CT molecular complexity index is 862. The minimum atomic E-state index is -1.21. The third kappa shape index (κ3) is 4.95. The van der Waals surface area contributed by atoms with Gasteiger partial charge in [0.05, 0.1) is 9.09 Å². The van der Waals surface area contributed by atoms with Crippen LogP contribution in [-0.4, -0.2) is 73.3 Å². The highest BCUT2D eigenvalue weighted by Crippen LogP contribution is 2.26. The number of carbonyl (C=O) groups is 1. The summed E-state index contributed by atoms with van der Waals surface area (Å²) in [5.74, 6) is -0.516. The number of aromatic nitrogens is 1. The van der Waals surface area contributed by atoms with E-state index in [2.05, 4.69) is 22.6 Å². The number of pyridine rings is 1. The number of nitrogens with zero attached hydrogens (tertiary/aromatic N) is 3. The second kappa shape index (κ2) is 8.83. The second-order valence-electron chi connectivity index (χ2n) is 6.63. The summed E-state index contributed by atoms with van der Waals surface area (Å²) >= 11 is 2.11. The van der Waals surface area contributed by atoms with E-state index in [-0.39, 0.29) is 5.56 Å². The van der Waals surface area contributed by atoms with Crippen LogP contribution < -0.4 is 10.2 Å². The highest BCUT2D eigenvalue weighted by Gasteiger charge is 2.17. The van der Waals surface area contributed by atoms with E-state index in [0.717, 1.165) is 16.7 Å². The molecular formula is C18H24IN3O4. The Labute approximate surface area is 166 Å². The molecule has 0 saturated heterocycles. The molecule has 0 amide bonds. The molecule has 0 atom stereocenters. The number of carboxylic acids is 1. The molecule has 0 bridgehead atoms. The van der Waals surface area contributed by atoms with Crippen LogP contribution in [0.3, 0.4) is 0 Å². The molecule has 7 nitrogen and oxygen atoms in total. The largest absolute Gasteiger partial charge is 0.491 e. The van der Waals surface area contributed by atoms with Crippen LogP contribution >= 0.6 is 22.6 Å². The molecule has 0 unspecified atom stereocenters. The molecule has 0 saturated carbocycles. The number of carboxylic acid groups (broad SMARTS) is 1. The zero-order valence-corrected chi connectivity index (χ0v) is 17.6. The molecule has 2 rings (SSSR count). The van der Waals surface area contributed by atoms with Gasteiger partial charge in [0.15, 0.2) is 0 Å². The second-order valence-corrected chi connectivity index (χ2v) is 7.79. The van der Waals surface area contributed by atoms with Crippen molar-refractivity contribution in [1.29, 1.82) is 0 Å². The van der Waals surface area contributed by atoms with Crippen LogP contribution in [0.1, 0.15) is 10.4 Å². The predicted molar refractivity (Wildman–Crippen MR) is 110 cm³/mol. The molecule has 1 aromatic heterocycles. The summed E-state index contributed by atoms with van der Waals surface area (Å²) in [5.41, 5.74) is 0.00168. The van der Waals surface area contributed by atoms with Crippen molar-refractivity contribution in [1.82, 2.24) is 14.4 Å². The van der Waals surface area contributed by atoms with Crippen molar-refractivity contribution in [2.24, 2.45) is 0 Å². The Morgan fingerprint density at radius 2 is 1.85 bits per heavy atom. The highest BCUT2D eigenvalue weighted by atomic mass is 127. The first-order valence-corrected chi connectivity index (χ1v) is 9.31. The van der Waals surface area contributed by atoms with Gasteiger partial charge < -0.3 is 24.2 Å². The standard InChI is InChI=1S/C18H24IN3O4/c1-20(2)5-6-22-11-13(18(24)25)17(23)12-9-14(19)16(10-15(12)22)26-8-7-21(3)4/h9-11H,5-8H2,1-4H3,(H,24,25). The minimum absolute atomic E-state index is 0.215. The molecule has 0 aliphatic rings. The van der Waals surface area contributed by atoms with E-state index in [1.54, 1.807) is 6.07 Å². The highest BCUT2D eigenvalue weighted by molar-refractivity contribution is 14.1. The van der Waals surface area contributed by atoms with Crippen molar-refractivity contribution >= 4 is 39.5 Å². The number of aromatic carboxylic acids is 1. The quantitative estimate of drug-likeness (QED) is 0.590. The fourth-order valence-electron chi connectivity index (χ4n) is 2.49. The number of halogens is 1. The van der Waals surface area contributed by atoms with E-state index in [4.69, 9.17) is 4.74 Å². The van der Waals surface area contributed by atoms with Crippen molar-refractivity contribution in [2.45, 2.75) is 6.54 Å². The van der Waals surface area contributed by atoms with Gasteiger partial charge in [0.25, 0.3) is 0 Å². The number of hydrogen-bond donors (Lipinski definition) is 1. The maximum absolute atomic E-state index is 12.6. The molecule has 26 heavy (non-hydrogen) atoms. The molecule has 0 fully saturated rings. The lowest BCUT2D eigenvalue weighted by Crippen LogP contribution is -2.23. The average Bonchev–Trinajstić information content (AvgIpc) is 2.54. The van der Waals surface area contributed by atoms with Gasteiger partial charge in [0.2, 0.25) is 5.43 Å². The monoisotopic (exact) mass is 473 g/mol. The van der Waals surface area contributed by atoms with Gasteiger partial charge in [-0.25, -0.2) is 4.79 Å². The van der Waals surface area contributed by atoms with Crippen molar-refractivity contribution in [3.63, 3.8) is 0 Å². The molecule has 8 heteroatoms. The molecule has 1 heterocycles. The summed E-state index contributed by atoms with van der Waals surface area (Å²) < 4.78 is 8.46. The lowest BCUT2D eigenvalue weighted by Gasteiger charge is -2.17. The lowest BCUT2D eigenvalue weighted by molar-refractivity contribution is 0.0695. The number of rotatable bonds is 8. The first-order valence-electron chi connectivity index (χ1n) is 8.23. The number of hydrogen-bond acceptors (Lipinski definition) is 5. The number of fused-ring (bicyclic) bond motifs is 1. The van der Waals surface area contributed by atoms with Gasteiger partial charge in [0.1, 0.15) is 17.9 Å². The average molecular weight is 473 g/mol. The van der Waals surface area contributed by atoms with Crippen LogP contribution in [0.5, 0.6) is 5.75 Å². The van der Waals surface area contributed by atoms with E-state index >= 15 is 0 Å². The van der Waals surface area contributed by atoms with Gasteiger partial charge in [0, 0.05) is 37.3 Å². The van der Waals surface area contributed by atoms with E-state index in [9.17, 15) is 14.7 Å². The van der Waals surface area contributed by atoms with Crippen LogP contribution in [0.15, 0.2) is 23.1 Å². The Morgan fingerprint density at radius 1 is 1.19 bits per heavy atom. The van der Waals surface area contributed by atoms with Crippen molar-refractivity contribution in [3.8, 4) is 5.75 Å². The zero-order valence-electron chi connectivity index (χ0n) is 15.5. The van der Waals surface area contributed by atoms with Crippen LogP contribution in [-0.2, 0) is 6.54 Å². The van der Waals surface area contributed by atoms with Gasteiger partial charge in [-0.15, -0.1) is 0 Å². The fourth-order valence-corrected chi connectivity index (χ4v) is 3.11. The molecule has 0 aliphatic heterocycles. The van der Waals surface area contributed by atoms with E-state index in [1.807, 2.05) is 48.6 Å². The van der Waals surface area contributed by atoms with Gasteiger partial charge in [-0.1, -0.05) is 0 Å². The molecule has 2 aromatic rings. The van der Waals surface area contributed by atoms with Gasteiger partial charge in [-0.2, -0.15) is 0 Å². The molecular weight excluding hydrogens is 449 g/mol. The van der Waals surface area contributed by atoms with Gasteiger partial charge >= 0.3 is 5.97 Å². The maximum atomic E-state index is 12.6. The summed E-state index contributed by atoms with van der Waals surface area (Å²) in [7, 11) is 7.84. The smallest absolute Gasteiger partial charge is 0.341 e. The molecule has 1 aromatic carbocycles. The van der Waals surface area contributed by atoms with E-state index in [1.165, 1.54) is 6.20 Å². The summed E-state index contributed by atoms with van der Waals surface area (Å²) in [6, 6.07) is 3.54. The third-order valence-electron chi connectivity index (χ3n) is 3.95. The zero-order chi connectivity index (χ0) is 19.4. The van der Waals surface area contributed by atoms with E-state index < -0.39 is 11.4 Å². The molecule has 0 aliphatic carbocycles. The van der Waals surface area contributed by atoms with Crippen molar-refractivity contribution < 1.29 is 14.6 Å². The summed E-state index contributed by atoms with van der Waals surface area (Å²) in [6.07, 6.45) is 1.42. The van der Waals surface area contributed by atoms with Gasteiger partial charge in [-0.05, 0) is 56.8 Å². The number of benzene rings is 1. The Balaban J connectivity index is 2.55. The molecule has 0 spiro atoms. The van der Waals surface area contributed by atoms with E-state index in [0.29, 0.717) is 29.8 Å². The first kappa shape index (κ1) is 20.7. The third-order valence-corrected chi connectivity index (χ3v) is 4.79. The summed E-state index contributed by atoms with van der Waals surface area (Å²) in [5, 5.41) is 9.76. The van der Waals surface area contributed by atoms with Crippen LogP contribution in [0.2, 0.25) is 0 Å². The normalized spacial score (nSPS) is 11.5.